The number of nitriles is 1. The topological polar surface area (TPSA) is 40.9 Å². The van der Waals surface area contributed by atoms with Crippen LogP contribution in [0, 0.1) is 11.3 Å². The van der Waals surface area contributed by atoms with Crippen LogP contribution in [-0.4, -0.2) is 12.0 Å². The minimum absolute atomic E-state index is 0.237. The summed E-state index contributed by atoms with van der Waals surface area (Å²) in [5.74, 6) is 0.237. The molecule has 0 aliphatic heterocycles. The minimum Gasteiger partial charge on any atom is -0.294 e. The van der Waals surface area contributed by atoms with Crippen molar-refractivity contribution in [3.05, 3.63) is 21.6 Å². The molecule has 0 aromatic rings. The lowest BCUT2D eigenvalue weighted by Gasteiger charge is -2.15. The second kappa shape index (κ2) is 3.62. The van der Waals surface area contributed by atoms with Gasteiger partial charge in [-0.25, -0.2) is 0 Å². The van der Waals surface area contributed by atoms with Crippen molar-refractivity contribution in [2.24, 2.45) is 0 Å². The summed E-state index contributed by atoms with van der Waals surface area (Å²) in [6, 6.07) is 2.22. The summed E-state index contributed by atoms with van der Waals surface area (Å²) in [5, 5.41) is 8.95. The molecule has 0 heterocycles. The molecule has 0 radical (unpaired) electrons. The minimum atomic E-state index is 0.237. The molecule has 14 heavy (non-hydrogen) atoms. The number of thioether (sulfide) groups is 1. The van der Waals surface area contributed by atoms with Crippen LogP contribution in [0.2, 0.25) is 0 Å². The molecule has 3 heteroatoms. The zero-order chi connectivity index (χ0) is 10.1. The van der Waals surface area contributed by atoms with Gasteiger partial charge in [0.2, 0.25) is 0 Å². The number of allylic oxidation sites excluding steroid dienone is 4. The number of carbonyl (C=O) groups excluding carboxylic acids is 1. The largest absolute Gasteiger partial charge is 0.294 e. The molecular formula is C11H11NOS. The number of carbonyl (C=O) groups is 1. The Kier molecular flexibility index (Phi) is 2.47. The second-order valence-corrected chi connectivity index (χ2v) is 4.43. The van der Waals surface area contributed by atoms with Crippen LogP contribution in [0.3, 0.4) is 0 Å². The number of fused-ring (bicyclic) bond motifs is 1. The van der Waals surface area contributed by atoms with Crippen LogP contribution < -0.4 is 0 Å². The molecule has 1 fully saturated rings. The fourth-order valence-corrected chi connectivity index (χ4v) is 2.84. The molecule has 0 amide bonds. The van der Waals surface area contributed by atoms with E-state index < -0.39 is 0 Å². The molecule has 0 atom stereocenters. The standard InChI is InChI=1S/C11H11NOS/c1-14-10-5-7(6-12)8-3-2-4-9(13)11(8)10/h2-5H2,1H3. The maximum absolute atomic E-state index is 11.7. The van der Waals surface area contributed by atoms with Crippen LogP contribution in [0.1, 0.15) is 25.7 Å². The van der Waals surface area contributed by atoms with Crippen molar-refractivity contribution in [3.8, 4) is 6.07 Å². The lowest BCUT2D eigenvalue weighted by Crippen LogP contribution is -2.10. The summed E-state index contributed by atoms with van der Waals surface area (Å²) >= 11 is 1.61. The fourth-order valence-electron chi connectivity index (χ4n) is 2.11. The van der Waals surface area contributed by atoms with Crippen LogP contribution >= 0.6 is 11.8 Å². The van der Waals surface area contributed by atoms with Crippen molar-refractivity contribution in [2.75, 3.05) is 6.26 Å². The Hall–Kier alpha value is -1.01. The van der Waals surface area contributed by atoms with Gasteiger partial charge in [0.05, 0.1) is 6.07 Å². The third-order valence-corrected chi connectivity index (χ3v) is 3.61. The SMILES string of the molecule is CSC1=C2C(=O)CCCC2=C(C#N)C1. The molecule has 2 nitrogen and oxygen atoms in total. The van der Waals surface area contributed by atoms with Gasteiger partial charge in [0.25, 0.3) is 0 Å². The molecule has 0 spiro atoms. The Balaban J connectivity index is 2.48. The molecule has 72 valence electrons. The lowest BCUT2D eigenvalue weighted by molar-refractivity contribution is -0.115. The highest BCUT2D eigenvalue weighted by Gasteiger charge is 2.31. The van der Waals surface area contributed by atoms with Gasteiger partial charge < -0.3 is 0 Å². The summed E-state index contributed by atoms with van der Waals surface area (Å²) in [7, 11) is 0. The Morgan fingerprint density at radius 2 is 2.21 bits per heavy atom. The highest BCUT2D eigenvalue weighted by atomic mass is 32.2. The molecule has 0 bridgehead atoms. The van der Waals surface area contributed by atoms with E-state index in [9.17, 15) is 4.79 Å². The number of nitrogens with zero attached hydrogens (tertiary/aromatic N) is 1. The molecule has 1 saturated carbocycles. The van der Waals surface area contributed by atoms with Crippen molar-refractivity contribution in [1.29, 1.82) is 5.26 Å². The van der Waals surface area contributed by atoms with Gasteiger partial charge in [-0.2, -0.15) is 5.26 Å². The van der Waals surface area contributed by atoms with E-state index in [1.807, 2.05) is 6.26 Å². The van der Waals surface area contributed by atoms with Gasteiger partial charge in [0.1, 0.15) is 0 Å². The maximum atomic E-state index is 11.7. The van der Waals surface area contributed by atoms with E-state index >= 15 is 0 Å². The Morgan fingerprint density at radius 3 is 2.86 bits per heavy atom. The summed E-state index contributed by atoms with van der Waals surface area (Å²) in [5.41, 5.74) is 2.73. The Bertz CT molecular complexity index is 398. The molecule has 2 rings (SSSR count). The zero-order valence-corrected chi connectivity index (χ0v) is 8.91. The molecule has 0 aromatic carbocycles. The maximum Gasteiger partial charge on any atom is 0.164 e. The van der Waals surface area contributed by atoms with Gasteiger partial charge in [0, 0.05) is 28.9 Å². The van der Waals surface area contributed by atoms with Crippen molar-refractivity contribution in [3.63, 3.8) is 0 Å². The average Bonchev–Trinajstić information content (AvgIpc) is 2.57. The molecule has 0 saturated heterocycles. The number of ketones is 1. The number of rotatable bonds is 1. The molecule has 0 aromatic heterocycles. The highest BCUT2D eigenvalue weighted by Crippen LogP contribution is 2.42. The summed E-state index contributed by atoms with van der Waals surface area (Å²) < 4.78 is 0. The predicted molar refractivity (Wildman–Crippen MR) is 56.7 cm³/mol. The van der Waals surface area contributed by atoms with Crippen LogP contribution in [0.5, 0.6) is 0 Å². The molecule has 0 unspecified atom stereocenters. The number of hydrogen-bond donors (Lipinski definition) is 0. The van der Waals surface area contributed by atoms with Gasteiger partial charge in [-0.15, -0.1) is 11.8 Å². The summed E-state index contributed by atoms with van der Waals surface area (Å²) in [6.07, 6.45) is 5.14. The van der Waals surface area contributed by atoms with Crippen molar-refractivity contribution >= 4 is 17.5 Å². The normalized spacial score (nSPS) is 21.3. The number of hydrogen-bond acceptors (Lipinski definition) is 3. The number of Topliss-reactive ketones (excluding diaryl/α,β-unsaturated/α-hetero) is 1. The molecular weight excluding hydrogens is 194 g/mol. The van der Waals surface area contributed by atoms with E-state index in [2.05, 4.69) is 6.07 Å². The first-order valence-electron chi connectivity index (χ1n) is 4.70. The highest BCUT2D eigenvalue weighted by molar-refractivity contribution is 8.02. The van der Waals surface area contributed by atoms with Crippen molar-refractivity contribution < 1.29 is 4.79 Å². The Morgan fingerprint density at radius 1 is 1.43 bits per heavy atom. The van der Waals surface area contributed by atoms with Crippen LogP contribution in [0.25, 0.3) is 0 Å². The monoisotopic (exact) mass is 205 g/mol. The van der Waals surface area contributed by atoms with E-state index in [4.69, 9.17) is 5.26 Å². The van der Waals surface area contributed by atoms with E-state index in [-0.39, 0.29) is 5.78 Å². The third kappa shape index (κ3) is 1.31. The fraction of sp³-hybridized carbons (Fsp3) is 0.455. The van der Waals surface area contributed by atoms with Gasteiger partial charge in [0.15, 0.2) is 5.78 Å². The second-order valence-electron chi connectivity index (χ2n) is 3.52. The van der Waals surface area contributed by atoms with Crippen LogP contribution in [0.4, 0.5) is 0 Å². The van der Waals surface area contributed by atoms with E-state index in [0.29, 0.717) is 12.8 Å². The van der Waals surface area contributed by atoms with Gasteiger partial charge in [-0.1, -0.05) is 0 Å². The Labute approximate surface area is 87.7 Å². The summed E-state index contributed by atoms with van der Waals surface area (Å²) in [4.78, 5) is 12.8. The summed E-state index contributed by atoms with van der Waals surface area (Å²) in [6.45, 7) is 0. The van der Waals surface area contributed by atoms with E-state index in [1.165, 1.54) is 0 Å². The van der Waals surface area contributed by atoms with E-state index in [1.54, 1.807) is 11.8 Å². The third-order valence-electron chi connectivity index (χ3n) is 2.77. The van der Waals surface area contributed by atoms with Crippen molar-refractivity contribution in [1.82, 2.24) is 0 Å². The smallest absolute Gasteiger partial charge is 0.164 e. The van der Waals surface area contributed by atoms with Crippen LogP contribution in [-0.2, 0) is 4.79 Å². The van der Waals surface area contributed by atoms with Gasteiger partial charge in [-0.05, 0) is 24.7 Å². The quantitative estimate of drug-likeness (QED) is 0.660. The lowest BCUT2D eigenvalue weighted by atomic mass is 9.89. The predicted octanol–water partition coefficient (Wildman–Crippen LogP) is 2.58. The first-order valence-corrected chi connectivity index (χ1v) is 5.93. The van der Waals surface area contributed by atoms with E-state index in [0.717, 1.165) is 34.5 Å². The first-order chi connectivity index (χ1) is 6.77. The molecule has 0 N–H and O–H groups in total. The van der Waals surface area contributed by atoms with Gasteiger partial charge in [-0.3, -0.25) is 4.79 Å². The van der Waals surface area contributed by atoms with Crippen LogP contribution in [0.15, 0.2) is 21.6 Å². The first kappa shape index (κ1) is 9.54. The zero-order valence-electron chi connectivity index (χ0n) is 8.09. The van der Waals surface area contributed by atoms with Gasteiger partial charge >= 0.3 is 0 Å². The molecule has 2 aliphatic rings. The molecule has 2 aliphatic carbocycles. The van der Waals surface area contributed by atoms with Crippen molar-refractivity contribution in [2.45, 2.75) is 25.7 Å². The average molecular weight is 205 g/mol.